The first kappa shape index (κ1) is 10.7. The number of H-pyrrole nitrogens is 1. The lowest BCUT2D eigenvalue weighted by Gasteiger charge is -1.97. The Morgan fingerprint density at radius 2 is 2.06 bits per heavy atom. The van der Waals surface area contributed by atoms with E-state index in [4.69, 9.17) is 4.74 Å². The summed E-state index contributed by atoms with van der Waals surface area (Å²) in [5.74, 6) is 0.743. The predicted octanol–water partition coefficient (Wildman–Crippen LogP) is 2.65. The molecule has 0 saturated carbocycles. The maximum Gasteiger partial charge on any atom is 0.335 e. The Hall–Kier alpha value is -1.84. The SMILES string of the molecule is CCCCOc1n[nH]c(-c2ccccc2)n1. The number of rotatable bonds is 5. The van der Waals surface area contributed by atoms with E-state index in [0.29, 0.717) is 12.6 Å². The molecule has 0 unspecified atom stereocenters. The van der Waals surface area contributed by atoms with Gasteiger partial charge in [0, 0.05) is 5.56 Å². The van der Waals surface area contributed by atoms with Gasteiger partial charge in [0.2, 0.25) is 0 Å². The summed E-state index contributed by atoms with van der Waals surface area (Å²) in [6, 6.07) is 10.3. The number of nitrogens with zero attached hydrogens (tertiary/aromatic N) is 2. The summed E-state index contributed by atoms with van der Waals surface area (Å²) in [6.45, 7) is 2.79. The molecule has 16 heavy (non-hydrogen) atoms. The van der Waals surface area contributed by atoms with Gasteiger partial charge in [0.05, 0.1) is 6.61 Å². The van der Waals surface area contributed by atoms with Crippen LogP contribution < -0.4 is 4.74 Å². The lowest BCUT2D eigenvalue weighted by atomic mass is 10.2. The van der Waals surface area contributed by atoms with Crippen molar-refractivity contribution in [2.75, 3.05) is 6.61 Å². The zero-order valence-corrected chi connectivity index (χ0v) is 9.31. The number of aromatic amines is 1. The Balaban J connectivity index is 2.02. The third-order valence-electron chi connectivity index (χ3n) is 2.24. The average Bonchev–Trinajstić information content (AvgIpc) is 2.79. The average molecular weight is 217 g/mol. The molecule has 4 heteroatoms. The molecule has 4 nitrogen and oxygen atoms in total. The van der Waals surface area contributed by atoms with Crippen LogP contribution in [0.2, 0.25) is 0 Å². The second kappa shape index (κ2) is 5.30. The molecule has 1 N–H and O–H groups in total. The molecule has 1 aromatic heterocycles. The lowest BCUT2D eigenvalue weighted by molar-refractivity contribution is 0.286. The van der Waals surface area contributed by atoms with Crippen LogP contribution >= 0.6 is 0 Å². The molecule has 0 aliphatic heterocycles. The van der Waals surface area contributed by atoms with Gasteiger partial charge in [0.25, 0.3) is 0 Å². The Kier molecular flexibility index (Phi) is 3.53. The summed E-state index contributed by atoms with van der Waals surface area (Å²) >= 11 is 0. The minimum Gasteiger partial charge on any atom is -0.462 e. The highest BCUT2D eigenvalue weighted by atomic mass is 16.5. The molecule has 84 valence electrons. The third kappa shape index (κ3) is 2.59. The fraction of sp³-hybridized carbons (Fsp3) is 0.333. The van der Waals surface area contributed by atoms with Crippen molar-refractivity contribution >= 4 is 0 Å². The first-order chi connectivity index (χ1) is 7.90. The topological polar surface area (TPSA) is 50.8 Å². The van der Waals surface area contributed by atoms with Gasteiger partial charge < -0.3 is 4.74 Å². The highest BCUT2D eigenvalue weighted by Crippen LogP contribution is 2.15. The Morgan fingerprint density at radius 3 is 2.81 bits per heavy atom. The van der Waals surface area contributed by atoms with E-state index in [1.807, 2.05) is 30.3 Å². The molecule has 0 atom stereocenters. The number of ether oxygens (including phenoxy) is 1. The summed E-state index contributed by atoms with van der Waals surface area (Å²) in [6.07, 6.45) is 2.13. The van der Waals surface area contributed by atoms with E-state index in [1.54, 1.807) is 0 Å². The van der Waals surface area contributed by atoms with Crippen LogP contribution in [-0.2, 0) is 0 Å². The van der Waals surface area contributed by atoms with E-state index in [0.717, 1.165) is 24.2 Å². The molecule has 0 amide bonds. The second-order valence-electron chi connectivity index (χ2n) is 3.53. The summed E-state index contributed by atoms with van der Waals surface area (Å²) in [7, 11) is 0. The predicted molar refractivity (Wildman–Crippen MR) is 62.2 cm³/mol. The van der Waals surface area contributed by atoms with Crippen LogP contribution in [0.4, 0.5) is 0 Å². The summed E-state index contributed by atoms with van der Waals surface area (Å²) in [4.78, 5) is 4.26. The number of unbranched alkanes of at least 4 members (excludes halogenated alkanes) is 1. The van der Waals surface area contributed by atoms with E-state index >= 15 is 0 Å². The first-order valence-corrected chi connectivity index (χ1v) is 5.51. The number of hydrogen-bond acceptors (Lipinski definition) is 3. The van der Waals surface area contributed by atoms with Gasteiger partial charge >= 0.3 is 6.01 Å². The van der Waals surface area contributed by atoms with E-state index < -0.39 is 0 Å². The van der Waals surface area contributed by atoms with Crippen molar-refractivity contribution in [3.63, 3.8) is 0 Å². The molecule has 0 spiro atoms. The van der Waals surface area contributed by atoms with E-state index in [1.165, 1.54) is 0 Å². The maximum atomic E-state index is 5.40. The highest BCUT2D eigenvalue weighted by molar-refractivity contribution is 5.54. The Morgan fingerprint density at radius 1 is 1.25 bits per heavy atom. The van der Waals surface area contributed by atoms with Crippen LogP contribution in [0.3, 0.4) is 0 Å². The summed E-state index contributed by atoms with van der Waals surface area (Å²) < 4.78 is 5.40. The van der Waals surface area contributed by atoms with Crippen molar-refractivity contribution in [2.45, 2.75) is 19.8 Å². The van der Waals surface area contributed by atoms with Crippen molar-refractivity contribution in [1.82, 2.24) is 15.2 Å². The first-order valence-electron chi connectivity index (χ1n) is 5.51. The van der Waals surface area contributed by atoms with Crippen LogP contribution in [0.5, 0.6) is 6.01 Å². The van der Waals surface area contributed by atoms with Gasteiger partial charge in [0.1, 0.15) is 0 Å². The standard InChI is InChI=1S/C12H15N3O/c1-2-3-9-16-12-13-11(14-15-12)10-7-5-4-6-8-10/h4-8H,2-3,9H2,1H3,(H,13,14,15). The molecule has 2 aromatic rings. The van der Waals surface area contributed by atoms with Gasteiger partial charge in [-0.1, -0.05) is 43.7 Å². The van der Waals surface area contributed by atoms with Crippen molar-refractivity contribution in [3.8, 4) is 17.4 Å². The van der Waals surface area contributed by atoms with Gasteiger partial charge in [-0.2, -0.15) is 4.98 Å². The van der Waals surface area contributed by atoms with Crippen LogP contribution in [-0.4, -0.2) is 21.8 Å². The molecule has 0 fully saturated rings. The molecular formula is C12H15N3O. The quantitative estimate of drug-likeness (QED) is 0.783. The molecule has 0 aliphatic rings. The summed E-state index contributed by atoms with van der Waals surface area (Å²) in [5.41, 5.74) is 1.01. The van der Waals surface area contributed by atoms with E-state index in [-0.39, 0.29) is 0 Å². The fourth-order valence-corrected chi connectivity index (χ4v) is 1.34. The number of aromatic nitrogens is 3. The second-order valence-corrected chi connectivity index (χ2v) is 3.53. The van der Waals surface area contributed by atoms with Crippen LogP contribution in [0.1, 0.15) is 19.8 Å². The minimum absolute atomic E-state index is 0.423. The Bertz CT molecular complexity index is 425. The van der Waals surface area contributed by atoms with Gasteiger partial charge in [-0.25, -0.2) is 0 Å². The molecule has 0 radical (unpaired) electrons. The lowest BCUT2D eigenvalue weighted by Crippen LogP contribution is -1.97. The molecule has 0 aliphatic carbocycles. The highest BCUT2D eigenvalue weighted by Gasteiger charge is 2.05. The molecule has 2 rings (SSSR count). The van der Waals surface area contributed by atoms with Crippen molar-refractivity contribution < 1.29 is 4.74 Å². The van der Waals surface area contributed by atoms with Crippen LogP contribution in [0, 0.1) is 0 Å². The van der Waals surface area contributed by atoms with Gasteiger partial charge in [0.15, 0.2) is 5.82 Å². The zero-order valence-electron chi connectivity index (χ0n) is 9.31. The molecule has 0 saturated heterocycles. The maximum absolute atomic E-state index is 5.40. The smallest absolute Gasteiger partial charge is 0.335 e. The summed E-state index contributed by atoms with van der Waals surface area (Å²) in [5, 5.41) is 6.87. The fourth-order valence-electron chi connectivity index (χ4n) is 1.34. The van der Waals surface area contributed by atoms with Gasteiger partial charge in [-0.3, -0.25) is 5.10 Å². The van der Waals surface area contributed by atoms with Gasteiger partial charge in [-0.15, -0.1) is 5.10 Å². The third-order valence-corrected chi connectivity index (χ3v) is 2.24. The molecule has 0 bridgehead atoms. The minimum atomic E-state index is 0.423. The van der Waals surface area contributed by atoms with E-state index in [9.17, 15) is 0 Å². The Labute approximate surface area is 94.7 Å². The molecule has 1 aromatic carbocycles. The van der Waals surface area contributed by atoms with Crippen molar-refractivity contribution in [2.24, 2.45) is 0 Å². The van der Waals surface area contributed by atoms with Crippen LogP contribution in [0.25, 0.3) is 11.4 Å². The number of nitrogens with one attached hydrogen (secondary N) is 1. The zero-order chi connectivity index (χ0) is 11.2. The normalized spacial score (nSPS) is 10.3. The number of hydrogen-bond donors (Lipinski definition) is 1. The van der Waals surface area contributed by atoms with Crippen molar-refractivity contribution in [1.29, 1.82) is 0 Å². The monoisotopic (exact) mass is 217 g/mol. The number of benzene rings is 1. The van der Waals surface area contributed by atoms with Crippen molar-refractivity contribution in [3.05, 3.63) is 30.3 Å². The molecule has 1 heterocycles. The largest absolute Gasteiger partial charge is 0.462 e. The van der Waals surface area contributed by atoms with Crippen LogP contribution in [0.15, 0.2) is 30.3 Å². The van der Waals surface area contributed by atoms with E-state index in [2.05, 4.69) is 22.1 Å². The molecular weight excluding hydrogens is 202 g/mol. The van der Waals surface area contributed by atoms with Gasteiger partial charge in [-0.05, 0) is 6.42 Å².